The molecule has 0 aliphatic carbocycles. The number of hydrogen-bond acceptors (Lipinski definition) is 4. The Morgan fingerprint density at radius 1 is 1.18 bits per heavy atom. The van der Waals surface area contributed by atoms with Gasteiger partial charge in [0, 0.05) is 12.6 Å². The van der Waals surface area contributed by atoms with Crippen molar-refractivity contribution in [3.8, 4) is 0 Å². The van der Waals surface area contributed by atoms with Gasteiger partial charge in [0.1, 0.15) is 5.60 Å². The van der Waals surface area contributed by atoms with Crippen LogP contribution in [0.3, 0.4) is 0 Å². The Labute approximate surface area is 167 Å². The molecule has 5 nitrogen and oxygen atoms in total. The third-order valence-corrected chi connectivity index (χ3v) is 5.00. The molecule has 0 unspecified atom stereocenters. The molecule has 0 radical (unpaired) electrons. The van der Waals surface area contributed by atoms with Crippen LogP contribution >= 0.6 is 0 Å². The summed E-state index contributed by atoms with van der Waals surface area (Å²) >= 11 is 0. The number of carbonyl (C=O) groups is 1. The lowest BCUT2D eigenvalue weighted by Gasteiger charge is -2.28. The van der Waals surface area contributed by atoms with Crippen LogP contribution in [0.5, 0.6) is 0 Å². The first kappa shape index (κ1) is 20.6. The van der Waals surface area contributed by atoms with Gasteiger partial charge in [0.25, 0.3) is 0 Å². The van der Waals surface area contributed by atoms with E-state index in [1.54, 1.807) is 4.90 Å². The van der Waals surface area contributed by atoms with E-state index in [-0.39, 0.29) is 24.8 Å². The van der Waals surface area contributed by atoms with Crippen LogP contribution < -0.4 is 0 Å². The fraction of sp³-hybridized carbons (Fsp3) is 0.522. The Morgan fingerprint density at radius 3 is 2.64 bits per heavy atom. The molecule has 1 amide bonds. The van der Waals surface area contributed by atoms with Gasteiger partial charge in [0.2, 0.25) is 0 Å². The molecule has 0 aromatic heterocycles. The number of hydrogen-bond donors (Lipinski definition) is 1. The quantitative estimate of drug-likeness (QED) is 0.795. The normalized spacial score (nSPS) is 19.9. The lowest BCUT2D eigenvalue weighted by Crippen LogP contribution is -2.40. The second kappa shape index (κ2) is 8.93. The van der Waals surface area contributed by atoms with E-state index in [2.05, 4.69) is 30.3 Å². The minimum atomic E-state index is -0.525. The first-order chi connectivity index (χ1) is 13.4. The molecule has 0 bridgehead atoms. The zero-order chi connectivity index (χ0) is 20.1. The number of nitrogens with zero attached hydrogens (tertiary/aromatic N) is 1. The highest BCUT2D eigenvalue weighted by atomic mass is 16.6. The summed E-state index contributed by atoms with van der Waals surface area (Å²) in [6.07, 6.45) is 1.87. The summed E-state index contributed by atoms with van der Waals surface area (Å²) in [7, 11) is 0. The second-order valence-corrected chi connectivity index (χ2v) is 8.50. The maximum absolute atomic E-state index is 12.6. The highest BCUT2D eigenvalue weighted by Gasteiger charge is 2.37. The summed E-state index contributed by atoms with van der Waals surface area (Å²) in [5.74, 6) is 0. The van der Waals surface area contributed by atoms with Crippen LogP contribution in [0, 0.1) is 0 Å². The Hall–Kier alpha value is -2.11. The molecule has 2 atom stereocenters. The first-order valence-electron chi connectivity index (χ1n) is 10.1. The van der Waals surface area contributed by atoms with Gasteiger partial charge in [-0.25, -0.2) is 4.79 Å². The average molecular weight is 386 g/mol. The predicted octanol–water partition coefficient (Wildman–Crippen LogP) is 4.51. The van der Waals surface area contributed by atoms with Gasteiger partial charge >= 0.3 is 6.09 Å². The van der Waals surface area contributed by atoms with Crippen molar-refractivity contribution in [1.82, 2.24) is 4.90 Å². The monoisotopic (exact) mass is 385 g/mol. The van der Waals surface area contributed by atoms with Crippen molar-refractivity contribution < 1.29 is 19.4 Å². The molecule has 1 heterocycles. The number of aliphatic hydroxyl groups is 1. The maximum atomic E-state index is 12.6. The van der Waals surface area contributed by atoms with E-state index < -0.39 is 5.60 Å². The van der Waals surface area contributed by atoms with Gasteiger partial charge in [0.05, 0.1) is 19.3 Å². The number of ether oxygens (including phenoxy) is 2. The van der Waals surface area contributed by atoms with Crippen LogP contribution in [0.1, 0.15) is 45.6 Å². The molecule has 2 aromatic rings. The number of benzene rings is 2. The first-order valence-corrected chi connectivity index (χ1v) is 10.1. The van der Waals surface area contributed by atoms with Crippen LogP contribution in [0.4, 0.5) is 4.79 Å². The molecule has 1 N–H and O–H groups in total. The Kier molecular flexibility index (Phi) is 6.57. The van der Waals surface area contributed by atoms with Crippen molar-refractivity contribution in [1.29, 1.82) is 0 Å². The van der Waals surface area contributed by atoms with Crippen molar-refractivity contribution in [2.45, 2.75) is 64.4 Å². The highest BCUT2D eigenvalue weighted by Crippen LogP contribution is 2.27. The molecule has 1 saturated heterocycles. The van der Waals surface area contributed by atoms with Crippen LogP contribution in [0.25, 0.3) is 10.8 Å². The Morgan fingerprint density at radius 2 is 1.93 bits per heavy atom. The maximum Gasteiger partial charge on any atom is 0.410 e. The molecule has 0 spiro atoms. The molecule has 1 fully saturated rings. The summed E-state index contributed by atoms with van der Waals surface area (Å²) in [6.45, 7) is 6.79. The molecular formula is C23H31NO4. The predicted molar refractivity (Wildman–Crippen MR) is 110 cm³/mol. The van der Waals surface area contributed by atoms with Crippen molar-refractivity contribution >= 4 is 16.9 Å². The third-order valence-electron chi connectivity index (χ3n) is 5.00. The Bertz CT molecular complexity index is 799. The largest absolute Gasteiger partial charge is 0.444 e. The molecule has 152 valence electrons. The molecule has 0 saturated carbocycles. The summed E-state index contributed by atoms with van der Waals surface area (Å²) in [5, 5.41) is 11.6. The van der Waals surface area contributed by atoms with Crippen molar-refractivity contribution in [3.05, 3.63) is 48.0 Å². The van der Waals surface area contributed by atoms with Gasteiger partial charge in [-0.3, -0.25) is 0 Å². The fourth-order valence-electron chi connectivity index (χ4n) is 3.68. The topological polar surface area (TPSA) is 59.0 Å². The minimum Gasteiger partial charge on any atom is -0.444 e. The van der Waals surface area contributed by atoms with E-state index in [4.69, 9.17) is 9.47 Å². The van der Waals surface area contributed by atoms with Gasteiger partial charge in [-0.2, -0.15) is 0 Å². The van der Waals surface area contributed by atoms with E-state index in [1.165, 1.54) is 10.8 Å². The molecule has 1 aliphatic heterocycles. The lowest BCUT2D eigenvalue weighted by atomic mass is 10.1. The highest BCUT2D eigenvalue weighted by molar-refractivity contribution is 5.82. The van der Waals surface area contributed by atoms with Crippen LogP contribution in [-0.2, 0) is 16.1 Å². The lowest BCUT2D eigenvalue weighted by molar-refractivity contribution is 0.0144. The molecule has 28 heavy (non-hydrogen) atoms. The molecular weight excluding hydrogens is 354 g/mol. The SMILES string of the molecule is CC(C)(C)OC(=O)N1C[C@@H](OCc2ccc3ccccc3c2)C[C@@H]1CCCO. The zero-order valence-corrected chi connectivity index (χ0v) is 17.1. The smallest absolute Gasteiger partial charge is 0.410 e. The van der Waals surface area contributed by atoms with Gasteiger partial charge in [-0.1, -0.05) is 36.4 Å². The number of carbonyl (C=O) groups excluding carboxylic acids is 1. The van der Waals surface area contributed by atoms with Crippen molar-refractivity contribution in [2.75, 3.05) is 13.2 Å². The van der Waals surface area contributed by atoms with E-state index >= 15 is 0 Å². The Balaban J connectivity index is 1.62. The van der Waals surface area contributed by atoms with Crippen LogP contribution in [0.15, 0.2) is 42.5 Å². The standard InChI is InChI=1S/C23H31NO4/c1-23(2,3)28-22(26)24-15-21(14-20(24)9-6-12-25)27-16-17-10-11-18-7-4-5-8-19(18)13-17/h4-5,7-8,10-11,13,20-21,25H,6,9,12,14-16H2,1-3H3/t20-,21-/m0/s1. The van der Waals surface area contributed by atoms with E-state index in [9.17, 15) is 9.90 Å². The van der Waals surface area contributed by atoms with Crippen LogP contribution in [0.2, 0.25) is 0 Å². The van der Waals surface area contributed by atoms with Gasteiger partial charge in [-0.05, 0) is 62.4 Å². The summed E-state index contributed by atoms with van der Waals surface area (Å²) in [6, 6.07) is 14.7. The summed E-state index contributed by atoms with van der Waals surface area (Å²) < 4.78 is 11.7. The van der Waals surface area contributed by atoms with E-state index in [1.807, 2.05) is 32.9 Å². The number of likely N-dealkylation sites (tertiary alicyclic amines) is 1. The van der Waals surface area contributed by atoms with E-state index in [0.29, 0.717) is 19.6 Å². The summed E-state index contributed by atoms with van der Waals surface area (Å²) in [5.41, 5.74) is 0.601. The number of rotatable bonds is 6. The van der Waals surface area contributed by atoms with Crippen LogP contribution in [-0.4, -0.2) is 47.0 Å². The molecule has 1 aliphatic rings. The third kappa shape index (κ3) is 5.46. The van der Waals surface area contributed by atoms with Gasteiger partial charge < -0.3 is 19.5 Å². The molecule has 3 rings (SSSR count). The molecule has 5 heteroatoms. The van der Waals surface area contributed by atoms with Gasteiger partial charge in [0.15, 0.2) is 0 Å². The van der Waals surface area contributed by atoms with Crippen molar-refractivity contribution in [2.24, 2.45) is 0 Å². The second-order valence-electron chi connectivity index (χ2n) is 8.50. The van der Waals surface area contributed by atoms with Crippen molar-refractivity contribution in [3.63, 3.8) is 0 Å². The number of fused-ring (bicyclic) bond motifs is 1. The number of amides is 1. The average Bonchev–Trinajstić information content (AvgIpc) is 3.06. The summed E-state index contributed by atoms with van der Waals surface area (Å²) in [4.78, 5) is 14.4. The fourth-order valence-corrected chi connectivity index (χ4v) is 3.68. The molecule has 2 aromatic carbocycles. The van der Waals surface area contributed by atoms with Gasteiger partial charge in [-0.15, -0.1) is 0 Å². The van der Waals surface area contributed by atoms with E-state index in [0.717, 1.165) is 18.4 Å². The zero-order valence-electron chi connectivity index (χ0n) is 17.1. The number of aliphatic hydroxyl groups excluding tert-OH is 1. The minimum absolute atomic E-state index is 0.0253.